The number of aliphatic hydroxyl groups is 1. The van der Waals surface area contributed by atoms with Gasteiger partial charge >= 0.3 is 0 Å². The number of aliphatic hydroxyl groups excluding tert-OH is 1. The van der Waals surface area contributed by atoms with Crippen LogP contribution in [0.25, 0.3) is 0 Å². The fourth-order valence-corrected chi connectivity index (χ4v) is 7.05. The van der Waals surface area contributed by atoms with Gasteiger partial charge in [-0.05, 0) is 63.3 Å². The van der Waals surface area contributed by atoms with E-state index in [1.54, 1.807) is 29.2 Å². The molecular weight excluding hydrogens is 474 g/mol. The van der Waals surface area contributed by atoms with Crippen molar-refractivity contribution >= 4 is 23.4 Å². The molecule has 9 nitrogen and oxygen atoms in total. The molecule has 1 saturated carbocycles. The lowest BCUT2D eigenvalue weighted by Gasteiger charge is -2.37. The van der Waals surface area contributed by atoms with Crippen molar-refractivity contribution < 1.29 is 29.0 Å². The number of likely N-dealkylation sites (tertiary alicyclic amines) is 1. The normalized spacial score (nSPS) is 31.8. The zero-order valence-electron chi connectivity index (χ0n) is 21.8. The first-order valence-corrected chi connectivity index (χ1v) is 13.9. The predicted molar refractivity (Wildman–Crippen MR) is 137 cm³/mol. The molecule has 3 N–H and O–H groups in total. The van der Waals surface area contributed by atoms with Crippen molar-refractivity contribution in [3.63, 3.8) is 0 Å². The number of carbonyl (C=O) groups is 3. The number of rotatable bonds is 9. The van der Waals surface area contributed by atoms with Gasteiger partial charge in [0.2, 0.25) is 17.7 Å². The number of ether oxygens (including phenoxy) is 2. The first kappa shape index (κ1) is 26.0. The predicted octanol–water partition coefficient (Wildman–Crippen LogP) is 2.62. The van der Waals surface area contributed by atoms with Crippen LogP contribution in [0.4, 0.5) is 5.69 Å². The van der Waals surface area contributed by atoms with E-state index in [0.717, 1.165) is 25.7 Å². The third-order valence-corrected chi connectivity index (χ3v) is 8.75. The van der Waals surface area contributed by atoms with Crippen LogP contribution in [0, 0.1) is 11.8 Å². The van der Waals surface area contributed by atoms with Gasteiger partial charge in [-0.3, -0.25) is 14.4 Å². The maximum absolute atomic E-state index is 14.0. The van der Waals surface area contributed by atoms with Gasteiger partial charge in [-0.15, -0.1) is 0 Å². The van der Waals surface area contributed by atoms with E-state index < -0.39 is 35.6 Å². The lowest BCUT2D eigenvalue weighted by molar-refractivity contribution is -0.145. The van der Waals surface area contributed by atoms with Gasteiger partial charge in [-0.2, -0.15) is 0 Å². The summed E-state index contributed by atoms with van der Waals surface area (Å²) in [5, 5.41) is 16.3. The average molecular weight is 514 g/mol. The largest absolute Gasteiger partial charge is 0.494 e. The Morgan fingerprint density at radius 2 is 1.86 bits per heavy atom. The molecule has 2 unspecified atom stereocenters. The minimum Gasteiger partial charge on any atom is -0.494 e. The molecule has 1 aromatic carbocycles. The van der Waals surface area contributed by atoms with Crippen molar-refractivity contribution in [3.8, 4) is 5.75 Å². The lowest BCUT2D eigenvalue weighted by Crippen LogP contribution is -2.59. The van der Waals surface area contributed by atoms with Crippen LogP contribution >= 0.6 is 0 Å². The molecular formula is C28H39N3O6. The van der Waals surface area contributed by atoms with E-state index in [4.69, 9.17) is 9.47 Å². The summed E-state index contributed by atoms with van der Waals surface area (Å²) in [6.07, 6.45) is 6.42. The molecule has 3 amide bonds. The zero-order chi connectivity index (χ0) is 26.2. The number of carbonyl (C=O) groups excluding carboxylic acids is 3. The Hall–Kier alpha value is -2.65. The molecule has 1 aliphatic carbocycles. The van der Waals surface area contributed by atoms with Crippen LogP contribution in [0.5, 0.6) is 5.75 Å². The minimum atomic E-state index is -1.05. The van der Waals surface area contributed by atoms with Crippen molar-refractivity contribution in [2.24, 2.45) is 11.8 Å². The Bertz CT molecular complexity index is 1010. The highest BCUT2D eigenvalue weighted by atomic mass is 16.5. The van der Waals surface area contributed by atoms with E-state index >= 15 is 0 Å². The van der Waals surface area contributed by atoms with Crippen LogP contribution in [-0.2, 0) is 19.1 Å². The third-order valence-electron chi connectivity index (χ3n) is 8.75. The number of nitrogens with zero attached hydrogens (tertiary/aromatic N) is 1. The van der Waals surface area contributed by atoms with Crippen LogP contribution in [0.1, 0.15) is 65.2 Å². The van der Waals surface area contributed by atoms with Crippen LogP contribution in [0.2, 0.25) is 0 Å². The van der Waals surface area contributed by atoms with Crippen molar-refractivity contribution in [2.75, 3.05) is 18.5 Å². The van der Waals surface area contributed by atoms with Crippen LogP contribution in [0.3, 0.4) is 0 Å². The highest BCUT2D eigenvalue weighted by Gasteiger charge is 2.75. The van der Waals surface area contributed by atoms with E-state index in [1.165, 1.54) is 6.42 Å². The Balaban J connectivity index is 1.41. The topological polar surface area (TPSA) is 117 Å². The summed E-state index contributed by atoms with van der Waals surface area (Å²) >= 11 is 0. The molecule has 3 heterocycles. The van der Waals surface area contributed by atoms with Crippen molar-refractivity contribution in [1.29, 1.82) is 0 Å². The van der Waals surface area contributed by atoms with Crippen molar-refractivity contribution in [3.05, 3.63) is 24.3 Å². The molecule has 5 rings (SSSR count). The number of nitrogens with one attached hydrogen (secondary N) is 2. The molecule has 0 aromatic heterocycles. The molecule has 202 valence electrons. The Labute approximate surface area is 218 Å². The smallest absolute Gasteiger partial charge is 0.246 e. The highest BCUT2D eigenvalue weighted by Crippen LogP contribution is 2.59. The first-order valence-electron chi connectivity index (χ1n) is 13.9. The summed E-state index contributed by atoms with van der Waals surface area (Å²) in [5.74, 6) is -1.50. The van der Waals surface area contributed by atoms with Gasteiger partial charge in [0.1, 0.15) is 17.4 Å². The van der Waals surface area contributed by atoms with Gasteiger partial charge in [0.15, 0.2) is 0 Å². The summed E-state index contributed by atoms with van der Waals surface area (Å²) < 4.78 is 12.0. The quantitative estimate of drug-likeness (QED) is 0.467. The first-order chi connectivity index (χ1) is 17.9. The summed E-state index contributed by atoms with van der Waals surface area (Å²) in [6.45, 7) is 4.11. The van der Waals surface area contributed by atoms with Gasteiger partial charge in [0.25, 0.3) is 0 Å². The zero-order valence-corrected chi connectivity index (χ0v) is 21.8. The SMILES string of the molecule is CCOc1ccc(NC(=O)[C@@H]2[C@@H]3CCC4(O3)C(C(=O)NC3CCCCC3)N([C@@H](CC)CO)C(=O)[C@H]24)cc1. The summed E-state index contributed by atoms with van der Waals surface area (Å²) in [5.41, 5.74) is -0.440. The molecule has 2 bridgehead atoms. The number of hydrogen-bond acceptors (Lipinski definition) is 6. The molecule has 0 radical (unpaired) electrons. The highest BCUT2D eigenvalue weighted by molar-refractivity contribution is 6.02. The van der Waals surface area contributed by atoms with Crippen LogP contribution in [0.15, 0.2) is 24.3 Å². The monoisotopic (exact) mass is 513 g/mol. The fraction of sp³-hybridized carbons (Fsp3) is 0.679. The Kier molecular flexibility index (Phi) is 7.45. The van der Waals surface area contributed by atoms with Crippen LogP contribution < -0.4 is 15.4 Å². The second-order valence-electron chi connectivity index (χ2n) is 10.8. The average Bonchev–Trinajstić information content (AvgIpc) is 3.54. The van der Waals surface area contributed by atoms with Gasteiger partial charge in [-0.25, -0.2) is 0 Å². The number of anilines is 1. The van der Waals surface area contributed by atoms with E-state index in [2.05, 4.69) is 10.6 Å². The molecule has 3 saturated heterocycles. The van der Waals surface area contributed by atoms with Gasteiger partial charge in [-0.1, -0.05) is 26.2 Å². The summed E-state index contributed by atoms with van der Waals surface area (Å²) in [6, 6.07) is 5.85. The second-order valence-corrected chi connectivity index (χ2v) is 10.8. The standard InChI is InChI=1S/C28H39N3O6/c1-3-19(16-32)31-24(26(34)30-17-8-6-5-7-9-17)28-15-14-21(37-28)22(23(28)27(31)35)25(33)29-18-10-12-20(13-11-18)36-4-2/h10-13,17,19,21-24,32H,3-9,14-16H2,1-2H3,(H,29,33)(H,30,34)/t19-,21-,22+,23-,24?,28?/m0/s1. The van der Waals surface area contributed by atoms with Gasteiger partial charge in [0, 0.05) is 11.7 Å². The number of amides is 3. The van der Waals surface area contributed by atoms with Crippen LogP contribution in [-0.4, -0.2) is 70.8 Å². The summed E-state index contributed by atoms with van der Waals surface area (Å²) in [7, 11) is 0. The molecule has 1 aromatic rings. The van der Waals surface area contributed by atoms with Crippen molar-refractivity contribution in [2.45, 2.75) is 95.0 Å². The maximum atomic E-state index is 14.0. The maximum Gasteiger partial charge on any atom is 0.246 e. The minimum absolute atomic E-state index is 0.0835. The molecule has 4 fully saturated rings. The van der Waals surface area contributed by atoms with Crippen molar-refractivity contribution in [1.82, 2.24) is 10.2 Å². The molecule has 1 spiro atoms. The Morgan fingerprint density at radius 1 is 1.14 bits per heavy atom. The molecule has 9 heteroatoms. The van der Waals surface area contributed by atoms with Gasteiger partial charge < -0.3 is 30.1 Å². The van der Waals surface area contributed by atoms with E-state index in [-0.39, 0.29) is 30.4 Å². The number of hydrogen-bond donors (Lipinski definition) is 3. The fourth-order valence-electron chi connectivity index (χ4n) is 7.05. The van der Waals surface area contributed by atoms with E-state index in [0.29, 0.717) is 37.3 Å². The Morgan fingerprint density at radius 3 is 2.51 bits per heavy atom. The molecule has 6 atom stereocenters. The van der Waals surface area contributed by atoms with E-state index in [9.17, 15) is 19.5 Å². The number of fused-ring (bicyclic) bond motifs is 1. The third kappa shape index (κ3) is 4.50. The summed E-state index contributed by atoms with van der Waals surface area (Å²) in [4.78, 5) is 42.9. The van der Waals surface area contributed by atoms with E-state index in [1.807, 2.05) is 13.8 Å². The van der Waals surface area contributed by atoms with Gasteiger partial charge in [0.05, 0.1) is 37.2 Å². The number of benzene rings is 1. The lowest BCUT2D eigenvalue weighted by atomic mass is 9.70. The second kappa shape index (κ2) is 10.6. The molecule has 4 aliphatic rings. The molecule has 37 heavy (non-hydrogen) atoms. The molecule has 3 aliphatic heterocycles.